The van der Waals surface area contributed by atoms with Gasteiger partial charge in [0, 0.05) is 29.1 Å². The number of aromatic nitrogens is 1. The monoisotopic (exact) mass is 535 g/mol. The Labute approximate surface area is 225 Å². The molecule has 1 aliphatic rings. The van der Waals surface area contributed by atoms with Crippen LogP contribution in [0.3, 0.4) is 0 Å². The van der Waals surface area contributed by atoms with E-state index in [4.69, 9.17) is 11.6 Å². The van der Waals surface area contributed by atoms with Gasteiger partial charge in [0.2, 0.25) is 0 Å². The van der Waals surface area contributed by atoms with Crippen molar-refractivity contribution in [2.24, 2.45) is 0 Å². The number of hydrogen-bond acceptors (Lipinski definition) is 4. The van der Waals surface area contributed by atoms with Crippen LogP contribution in [0.5, 0.6) is 0 Å². The molecule has 38 heavy (non-hydrogen) atoms. The van der Waals surface area contributed by atoms with Crippen LogP contribution in [0.25, 0.3) is 10.9 Å². The Bertz CT molecular complexity index is 1410. The van der Waals surface area contributed by atoms with E-state index in [9.17, 15) is 24.6 Å². The summed E-state index contributed by atoms with van der Waals surface area (Å²) < 4.78 is 0. The summed E-state index contributed by atoms with van der Waals surface area (Å²) in [6.07, 6.45) is 8.83. The van der Waals surface area contributed by atoms with E-state index in [1.165, 1.54) is 18.2 Å². The number of aliphatic hydroxyl groups is 1. The second-order valence-electron chi connectivity index (χ2n) is 9.31. The fraction of sp³-hybridized carbons (Fsp3) is 0.276. The van der Waals surface area contributed by atoms with Crippen molar-refractivity contribution in [3.05, 3.63) is 94.2 Å². The van der Waals surface area contributed by atoms with Gasteiger partial charge in [-0.15, -0.1) is 0 Å². The van der Waals surface area contributed by atoms with E-state index in [0.29, 0.717) is 12.8 Å². The van der Waals surface area contributed by atoms with Crippen LogP contribution in [0.1, 0.15) is 52.5 Å². The molecular weight excluding hydrogens is 506 g/mol. The highest BCUT2D eigenvalue weighted by molar-refractivity contribution is 6.34. The molecule has 0 radical (unpaired) electrons. The zero-order valence-electron chi connectivity index (χ0n) is 20.9. The molecule has 8 nitrogen and oxygen atoms in total. The highest BCUT2D eigenvalue weighted by atomic mass is 35.5. The van der Waals surface area contributed by atoms with Crippen molar-refractivity contribution in [3.63, 3.8) is 0 Å². The minimum absolute atomic E-state index is 0.0330. The molecule has 9 heteroatoms. The number of aromatic amines is 1. The zero-order valence-corrected chi connectivity index (χ0v) is 21.7. The Morgan fingerprint density at radius 3 is 2.63 bits per heavy atom. The molecule has 5 N–H and O–H groups in total. The molecule has 2 unspecified atom stereocenters. The summed E-state index contributed by atoms with van der Waals surface area (Å²) in [4.78, 5) is 41.0. The van der Waals surface area contributed by atoms with Gasteiger partial charge in [0.15, 0.2) is 0 Å². The number of rotatable bonds is 10. The summed E-state index contributed by atoms with van der Waals surface area (Å²) in [7, 11) is 0. The zero-order chi connectivity index (χ0) is 27.2. The third-order valence-electron chi connectivity index (χ3n) is 6.54. The van der Waals surface area contributed by atoms with Gasteiger partial charge in [0.1, 0.15) is 6.04 Å². The number of carbonyl (C=O) groups is 3. The predicted octanol–water partition coefficient (Wildman–Crippen LogP) is 4.39. The standard InChI is InChI=1S/C29H30ClN3O5/c1-2-6-24(17-7-5-8-20(34)13-17)32-27(35)18-11-12-22(23(30)14-18)28(36)33-26(29(37)38)15-19-16-31-25-10-4-3-9-21(19)25/h3-5,7,9-14,16,20,24,26,31,34H,2,6,8,15H2,1H3,(H,32,35)(H,33,36)(H,37,38)/t20?,24?,26-/m0/s1. The average molecular weight is 536 g/mol. The maximum atomic E-state index is 13.0. The number of hydrogen-bond donors (Lipinski definition) is 5. The van der Waals surface area contributed by atoms with Gasteiger partial charge >= 0.3 is 5.97 Å². The predicted molar refractivity (Wildman–Crippen MR) is 146 cm³/mol. The van der Waals surface area contributed by atoms with Crippen LogP contribution in [0, 0.1) is 0 Å². The van der Waals surface area contributed by atoms with Crippen molar-refractivity contribution in [3.8, 4) is 0 Å². The number of carboxylic acid groups (broad SMARTS) is 1. The molecule has 3 aromatic rings. The summed E-state index contributed by atoms with van der Waals surface area (Å²) in [5.74, 6) is -2.19. The smallest absolute Gasteiger partial charge is 0.326 e. The summed E-state index contributed by atoms with van der Waals surface area (Å²) in [5, 5.41) is 26.1. The molecule has 1 aliphatic carbocycles. The first-order chi connectivity index (χ1) is 18.3. The summed E-state index contributed by atoms with van der Waals surface area (Å²) in [6, 6.07) is 10.3. The SMILES string of the molecule is CCCC(NC(=O)c1ccc(C(=O)N[C@@H](Cc2c[nH]c3ccccc23)C(=O)O)c(Cl)c1)C1=CC(O)CC=C1. The van der Waals surface area contributed by atoms with Crippen LogP contribution in [0.2, 0.25) is 5.02 Å². The summed E-state index contributed by atoms with van der Waals surface area (Å²) >= 11 is 6.37. The number of aliphatic hydroxyl groups excluding tert-OH is 1. The topological polar surface area (TPSA) is 132 Å². The van der Waals surface area contributed by atoms with Gasteiger partial charge in [-0.1, -0.05) is 61.4 Å². The van der Waals surface area contributed by atoms with Crippen molar-refractivity contribution in [2.45, 2.75) is 50.8 Å². The first-order valence-corrected chi connectivity index (χ1v) is 12.9. The minimum atomic E-state index is -1.18. The minimum Gasteiger partial charge on any atom is -0.480 e. The number of H-pyrrole nitrogens is 1. The molecule has 0 saturated heterocycles. The van der Waals surface area contributed by atoms with Crippen molar-refractivity contribution >= 4 is 40.3 Å². The van der Waals surface area contributed by atoms with Crippen LogP contribution in [-0.4, -0.2) is 51.2 Å². The summed E-state index contributed by atoms with van der Waals surface area (Å²) in [5.41, 5.74) is 2.82. The average Bonchev–Trinajstić information content (AvgIpc) is 3.30. The second-order valence-corrected chi connectivity index (χ2v) is 9.72. The molecule has 2 aromatic carbocycles. The Morgan fingerprint density at radius 2 is 1.92 bits per heavy atom. The molecule has 198 valence electrons. The van der Waals surface area contributed by atoms with Crippen LogP contribution in [0.4, 0.5) is 0 Å². The summed E-state index contributed by atoms with van der Waals surface area (Å²) in [6.45, 7) is 2.01. The van der Waals surface area contributed by atoms with E-state index in [2.05, 4.69) is 15.6 Å². The molecule has 0 fully saturated rings. The molecule has 0 saturated carbocycles. The van der Waals surface area contributed by atoms with Gasteiger partial charge in [-0.05, 0) is 48.2 Å². The normalized spacial score (nSPS) is 16.5. The van der Waals surface area contributed by atoms with Crippen LogP contribution < -0.4 is 10.6 Å². The van der Waals surface area contributed by atoms with E-state index >= 15 is 0 Å². The lowest BCUT2D eigenvalue weighted by molar-refractivity contribution is -0.139. The van der Waals surface area contributed by atoms with Crippen molar-refractivity contribution in [2.75, 3.05) is 0 Å². The first kappa shape index (κ1) is 27.2. The van der Waals surface area contributed by atoms with Crippen LogP contribution in [-0.2, 0) is 11.2 Å². The van der Waals surface area contributed by atoms with E-state index in [1.54, 1.807) is 12.3 Å². The van der Waals surface area contributed by atoms with Gasteiger partial charge in [0.05, 0.1) is 22.7 Å². The Hall–Kier alpha value is -3.88. The Balaban J connectivity index is 1.46. The van der Waals surface area contributed by atoms with Crippen molar-refractivity contribution in [1.82, 2.24) is 15.6 Å². The fourth-order valence-electron chi connectivity index (χ4n) is 4.57. The highest BCUT2D eigenvalue weighted by Gasteiger charge is 2.25. The number of para-hydroxylation sites is 1. The lowest BCUT2D eigenvalue weighted by Crippen LogP contribution is -2.42. The van der Waals surface area contributed by atoms with E-state index in [-0.39, 0.29) is 34.5 Å². The number of carbonyl (C=O) groups excluding carboxylic acids is 2. The maximum Gasteiger partial charge on any atom is 0.326 e. The lowest BCUT2D eigenvalue weighted by atomic mass is 9.95. The van der Waals surface area contributed by atoms with E-state index in [1.807, 2.05) is 43.3 Å². The lowest BCUT2D eigenvalue weighted by Gasteiger charge is -2.23. The number of benzene rings is 2. The van der Waals surface area contributed by atoms with Gasteiger partial charge in [-0.2, -0.15) is 0 Å². The molecule has 0 bridgehead atoms. The van der Waals surface area contributed by atoms with E-state index < -0.39 is 24.0 Å². The Morgan fingerprint density at radius 1 is 1.13 bits per heavy atom. The van der Waals surface area contributed by atoms with Crippen LogP contribution in [0.15, 0.2) is 72.5 Å². The molecule has 0 aliphatic heterocycles. The van der Waals surface area contributed by atoms with Gasteiger partial charge in [-0.25, -0.2) is 4.79 Å². The Kier molecular flexibility index (Phi) is 8.66. The second kappa shape index (κ2) is 12.1. The first-order valence-electron chi connectivity index (χ1n) is 12.5. The fourth-order valence-corrected chi connectivity index (χ4v) is 4.84. The van der Waals surface area contributed by atoms with Gasteiger partial charge < -0.3 is 25.8 Å². The van der Waals surface area contributed by atoms with E-state index in [0.717, 1.165) is 28.5 Å². The van der Waals surface area contributed by atoms with Crippen LogP contribution >= 0.6 is 11.6 Å². The highest BCUT2D eigenvalue weighted by Crippen LogP contribution is 2.22. The largest absolute Gasteiger partial charge is 0.480 e. The van der Waals surface area contributed by atoms with Gasteiger partial charge in [-0.3, -0.25) is 9.59 Å². The maximum absolute atomic E-state index is 13.0. The number of amides is 2. The molecule has 2 amide bonds. The number of fused-ring (bicyclic) bond motifs is 1. The molecule has 1 heterocycles. The molecule has 0 spiro atoms. The molecule has 4 rings (SSSR count). The molecule has 1 aromatic heterocycles. The number of nitrogens with one attached hydrogen (secondary N) is 3. The molecule has 3 atom stereocenters. The van der Waals surface area contributed by atoms with Crippen molar-refractivity contribution < 1.29 is 24.6 Å². The molecular formula is C29H30ClN3O5. The quantitative estimate of drug-likeness (QED) is 0.263. The number of aliphatic carboxylic acids is 1. The number of carboxylic acids is 1. The van der Waals surface area contributed by atoms with Crippen molar-refractivity contribution in [1.29, 1.82) is 0 Å². The third-order valence-corrected chi connectivity index (χ3v) is 6.85. The van der Waals surface area contributed by atoms with Gasteiger partial charge in [0.25, 0.3) is 11.8 Å². The number of halogens is 1. The third kappa shape index (κ3) is 6.33.